The van der Waals surface area contributed by atoms with Crippen molar-refractivity contribution in [1.29, 1.82) is 0 Å². The van der Waals surface area contributed by atoms with Crippen LogP contribution in [0, 0.1) is 11.8 Å². The van der Waals surface area contributed by atoms with Crippen LogP contribution in [0.5, 0.6) is 23.0 Å². The van der Waals surface area contributed by atoms with Gasteiger partial charge in [-0.2, -0.15) is 0 Å². The normalized spacial score (nSPS) is 12.3. The molecule has 0 aliphatic carbocycles. The van der Waals surface area contributed by atoms with E-state index in [0.29, 0.717) is 12.0 Å². The van der Waals surface area contributed by atoms with Crippen LogP contribution in [-0.2, 0) is 33.7 Å². The van der Waals surface area contributed by atoms with Gasteiger partial charge in [0.2, 0.25) is 6.79 Å². The Morgan fingerprint density at radius 1 is 0.927 bits per heavy atom. The highest BCUT2D eigenvalue weighted by atomic mass is 16.7. The number of carbonyl (C=O) groups is 2. The van der Waals surface area contributed by atoms with E-state index in [1.807, 2.05) is 6.07 Å². The maximum atomic E-state index is 12.7. The first-order valence-corrected chi connectivity index (χ1v) is 13.2. The van der Waals surface area contributed by atoms with Crippen molar-refractivity contribution in [2.75, 3.05) is 32.3 Å². The number of benzene rings is 2. The van der Waals surface area contributed by atoms with Crippen molar-refractivity contribution < 1.29 is 39.1 Å². The lowest BCUT2D eigenvalue weighted by molar-refractivity contribution is -0.143. The van der Waals surface area contributed by atoms with E-state index >= 15 is 0 Å². The molecule has 11 nitrogen and oxygen atoms in total. The number of phenolic OH excluding ortho intramolecular Hbond substituents is 3. The number of hydrogen-bond donors (Lipinski definition) is 4. The van der Waals surface area contributed by atoms with Gasteiger partial charge < -0.3 is 34.8 Å². The number of rotatable bonds is 13. The van der Waals surface area contributed by atoms with Crippen molar-refractivity contribution in [3.63, 3.8) is 0 Å². The molecule has 3 aromatic rings. The first-order chi connectivity index (χ1) is 19.6. The van der Waals surface area contributed by atoms with Crippen LogP contribution in [0.4, 0.5) is 10.6 Å². The summed E-state index contributed by atoms with van der Waals surface area (Å²) in [6.07, 6.45) is 2.18. The number of aromatic nitrogens is 1. The van der Waals surface area contributed by atoms with Crippen LogP contribution in [0.25, 0.3) is 0 Å². The highest BCUT2D eigenvalue weighted by Gasteiger charge is 2.19. The van der Waals surface area contributed by atoms with E-state index in [-0.39, 0.29) is 53.8 Å². The lowest BCUT2D eigenvalue weighted by Gasteiger charge is -2.21. The Morgan fingerprint density at radius 3 is 2.24 bits per heavy atom. The minimum absolute atomic E-state index is 0.0575. The summed E-state index contributed by atoms with van der Waals surface area (Å²) in [5, 5.41) is 32.3. The SMILES string of the molecule is CNCC(=O)OCc1cccnc1N(C)C(=O)OCOc1cc(C[C@H](C)[C@H](C)Cc2ccc(O)c(O)c2)ccc1O. The average molecular weight is 568 g/mol. The molecule has 0 radical (unpaired) electrons. The number of ether oxygens (including phenoxy) is 3. The highest BCUT2D eigenvalue weighted by molar-refractivity contribution is 5.86. The molecule has 0 bridgehead atoms. The second-order valence-corrected chi connectivity index (χ2v) is 9.90. The zero-order chi connectivity index (χ0) is 29.9. The van der Waals surface area contributed by atoms with Gasteiger partial charge in [-0.25, -0.2) is 9.78 Å². The molecule has 220 valence electrons. The van der Waals surface area contributed by atoms with Gasteiger partial charge in [-0.15, -0.1) is 0 Å². The van der Waals surface area contributed by atoms with E-state index < -0.39 is 18.9 Å². The number of amides is 1. The number of aromatic hydroxyl groups is 3. The van der Waals surface area contributed by atoms with E-state index in [0.717, 1.165) is 17.5 Å². The molecular weight excluding hydrogens is 530 g/mol. The van der Waals surface area contributed by atoms with Crippen LogP contribution in [0.3, 0.4) is 0 Å². The molecule has 1 aromatic heterocycles. The van der Waals surface area contributed by atoms with Crippen LogP contribution in [-0.4, -0.2) is 59.8 Å². The number of nitrogens with one attached hydrogen (secondary N) is 1. The first-order valence-electron chi connectivity index (χ1n) is 13.2. The maximum Gasteiger partial charge on any atom is 0.418 e. The smallest absolute Gasteiger partial charge is 0.418 e. The second kappa shape index (κ2) is 14.8. The summed E-state index contributed by atoms with van der Waals surface area (Å²) < 4.78 is 16.0. The first kappa shape index (κ1) is 31.0. The molecule has 0 spiro atoms. The lowest BCUT2D eigenvalue weighted by atomic mass is 9.85. The minimum atomic E-state index is -0.745. The molecule has 1 heterocycles. The van der Waals surface area contributed by atoms with E-state index in [1.54, 1.807) is 37.4 Å². The van der Waals surface area contributed by atoms with Gasteiger partial charge in [-0.1, -0.05) is 32.0 Å². The van der Waals surface area contributed by atoms with Crippen LogP contribution < -0.4 is 15.0 Å². The fraction of sp³-hybridized carbons (Fsp3) is 0.367. The fourth-order valence-corrected chi connectivity index (χ4v) is 4.17. The van der Waals surface area contributed by atoms with Crippen molar-refractivity contribution in [2.24, 2.45) is 11.8 Å². The molecule has 0 aliphatic rings. The zero-order valence-corrected chi connectivity index (χ0v) is 23.7. The monoisotopic (exact) mass is 567 g/mol. The van der Waals surface area contributed by atoms with Gasteiger partial charge in [0.1, 0.15) is 12.4 Å². The Balaban J connectivity index is 1.55. The number of likely N-dealkylation sites (N-methyl/N-ethyl adjacent to an activating group) is 1. The average Bonchev–Trinajstić information content (AvgIpc) is 2.95. The largest absolute Gasteiger partial charge is 0.504 e. The Labute approximate surface area is 239 Å². The summed E-state index contributed by atoms with van der Waals surface area (Å²) in [5.74, 6) is 0.144. The van der Waals surface area contributed by atoms with Crippen molar-refractivity contribution in [2.45, 2.75) is 33.3 Å². The van der Waals surface area contributed by atoms with Gasteiger partial charge in [0, 0.05) is 18.8 Å². The molecule has 2 aromatic carbocycles. The Kier molecular flexibility index (Phi) is 11.2. The number of anilines is 1. The summed E-state index contributed by atoms with van der Waals surface area (Å²) in [6, 6.07) is 13.2. The standard InChI is InChI=1S/C30H37N3O8/c1-19(12-21-7-9-24(34)26(36)14-21)20(2)13-22-8-10-25(35)27(15-22)40-18-41-30(38)33(4)29-23(6-5-11-32-29)17-39-28(37)16-31-3/h5-11,14-15,19-20,31,34-36H,12-13,16-18H2,1-4H3/t19-,20+/m1/s1. The van der Waals surface area contributed by atoms with Gasteiger partial charge in [-0.3, -0.25) is 9.69 Å². The summed E-state index contributed by atoms with van der Waals surface area (Å²) >= 11 is 0. The van der Waals surface area contributed by atoms with E-state index in [2.05, 4.69) is 24.1 Å². The molecule has 2 atom stereocenters. The molecule has 1 amide bonds. The van der Waals surface area contributed by atoms with E-state index in [1.165, 1.54) is 30.3 Å². The predicted molar refractivity (Wildman–Crippen MR) is 152 cm³/mol. The highest BCUT2D eigenvalue weighted by Crippen LogP contribution is 2.31. The third-order valence-electron chi connectivity index (χ3n) is 6.72. The molecule has 11 heteroatoms. The third-order valence-corrected chi connectivity index (χ3v) is 6.72. The molecule has 4 N–H and O–H groups in total. The number of hydrogen-bond acceptors (Lipinski definition) is 10. The summed E-state index contributed by atoms with van der Waals surface area (Å²) in [4.78, 5) is 29.7. The van der Waals surface area contributed by atoms with Crippen LogP contribution in [0.2, 0.25) is 0 Å². The van der Waals surface area contributed by atoms with Crippen LogP contribution in [0.15, 0.2) is 54.7 Å². The molecule has 0 fully saturated rings. The fourth-order valence-electron chi connectivity index (χ4n) is 4.17. The number of esters is 1. The molecule has 0 unspecified atom stereocenters. The molecule has 0 aliphatic heterocycles. The quantitative estimate of drug-likeness (QED) is 0.135. The van der Waals surface area contributed by atoms with E-state index in [4.69, 9.17) is 14.2 Å². The molecule has 0 saturated heterocycles. The Bertz CT molecular complexity index is 1330. The lowest BCUT2D eigenvalue weighted by Crippen LogP contribution is -2.30. The molecule has 3 rings (SSSR count). The van der Waals surface area contributed by atoms with Crippen LogP contribution >= 0.6 is 0 Å². The number of phenols is 3. The molecular formula is C30H37N3O8. The van der Waals surface area contributed by atoms with Gasteiger partial charge in [0.15, 0.2) is 23.0 Å². The second-order valence-electron chi connectivity index (χ2n) is 9.90. The van der Waals surface area contributed by atoms with E-state index in [9.17, 15) is 24.9 Å². The zero-order valence-electron chi connectivity index (χ0n) is 23.7. The summed E-state index contributed by atoms with van der Waals surface area (Å²) in [6.45, 7) is 3.77. The Hall–Kier alpha value is -4.51. The topological polar surface area (TPSA) is 151 Å². The van der Waals surface area contributed by atoms with Gasteiger partial charge >= 0.3 is 12.1 Å². The van der Waals surface area contributed by atoms with Gasteiger partial charge in [0.05, 0.1) is 6.54 Å². The maximum absolute atomic E-state index is 12.7. The van der Waals surface area contributed by atoms with Gasteiger partial charge in [-0.05, 0) is 73.2 Å². The molecule has 0 saturated carbocycles. The summed E-state index contributed by atoms with van der Waals surface area (Å²) in [7, 11) is 3.11. The third kappa shape index (κ3) is 9.00. The molecule has 41 heavy (non-hydrogen) atoms. The van der Waals surface area contributed by atoms with Gasteiger partial charge in [0.25, 0.3) is 0 Å². The predicted octanol–water partition coefficient (Wildman–Crippen LogP) is 4.13. The van der Waals surface area contributed by atoms with Crippen molar-refractivity contribution in [3.05, 3.63) is 71.4 Å². The minimum Gasteiger partial charge on any atom is -0.504 e. The van der Waals surface area contributed by atoms with Crippen molar-refractivity contribution in [3.8, 4) is 23.0 Å². The van der Waals surface area contributed by atoms with Crippen molar-refractivity contribution in [1.82, 2.24) is 10.3 Å². The van der Waals surface area contributed by atoms with Crippen LogP contribution in [0.1, 0.15) is 30.5 Å². The summed E-state index contributed by atoms with van der Waals surface area (Å²) in [5.41, 5.74) is 2.38. The van der Waals surface area contributed by atoms with Crippen molar-refractivity contribution >= 4 is 17.9 Å². The number of carbonyl (C=O) groups excluding carboxylic acids is 2. The number of nitrogens with zero attached hydrogens (tertiary/aromatic N) is 2. The number of pyridine rings is 1. The Morgan fingerprint density at radius 2 is 1.59 bits per heavy atom.